The maximum atomic E-state index is 13.4. The Morgan fingerprint density at radius 2 is 1.04 bits per heavy atom. The summed E-state index contributed by atoms with van der Waals surface area (Å²) in [5, 5.41) is 56.7. The largest absolute Gasteiger partial charge is 0.454 e. The number of carbonyl (C=O) groups excluding carboxylic acids is 2. The van der Waals surface area contributed by atoms with Crippen molar-refractivity contribution in [3.63, 3.8) is 0 Å². The first kappa shape index (κ1) is 67.6. The van der Waals surface area contributed by atoms with E-state index in [1.165, 1.54) is 44.9 Å². The Bertz CT molecular complexity index is 1750. The molecule has 11 nitrogen and oxygen atoms in total. The number of esters is 1. The van der Waals surface area contributed by atoms with Crippen molar-refractivity contribution in [3.8, 4) is 0 Å². The summed E-state index contributed by atoms with van der Waals surface area (Å²) in [5.41, 5.74) is 0. The standard InChI is InChI=1S/C63H99NO10/c1-4-7-10-13-16-19-22-25-26-27-28-29-30-31-33-35-38-41-44-47-50-56(67)62(71)64-54(55(66)49-46-43-40-37-34-24-21-18-15-12-9-6-3)53-72-63-61(60(70)59(69)57(52-65)73-63)74-58(68)51-48-45-42-39-36-32-23-20-17-14-11-8-5-2/h7-8,10-11,14,16-17,19-20,23,25-26,28-29,31-33,36,38-39,41-42,46,49,54-57,59-61,63,65-67,69-70H,4-6,9,12-13,15,18,21-22,24,27,30,34-35,37,40,43-45,47-48,50-53H2,1-3H3,(H,64,71)/b10-7-,11-8+,17-14+,19-16-,23-20-,26-25-,29-28-,33-31-,36-32-,41-38-,42-39+,49-46+. The molecule has 1 saturated heterocycles. The number of amides is 1. The van der Waals surface area contributed by atoms with Crippen LogP contribution in [0.4, 0.5) is 0 Å². The van der Waals surface area contributed by atoms with Gasteiger partial charge in [-0.25, -0.2) is 0 Å². The van der Waals surface area contributed by atoms with Crippen molar-refractivity contribution in [2.24, 2.45) is 0 Å². The van der Waals surface area contributed by atoms with Crippen LogP contribution >= 0.6 is 0 Å². The number of hydrogen-bond acceptors (Lipinski definition) is 10. The van der Waals surface area contributed by atoms with Crippen molar-refractivity contribution < 1.29 is 49.3 Å². The van der Waals surface area contributed by atoms with E-state index in [0.717, 1.165) is 70.6 Å². The van der Waals surface area contributed by atoms with Crippen LogP contribution in [0.2, 0.25) is 0 Å². The average molecular weight is 1030 g/mol. The van der Waals surface area contributed by atoms with Crippen LogP contribution in [0.25, 0.3) is 0 Å². The molecule has 6 N–H and O–H groups in total. The molecule has 8 atom stereocenters. The van der Waals surface area contributed by atoms with Gasteiger partial charge in [-0.3, -0.25) is 9.59 Å². The number of ether oxygens (including phenoxy) is 3. The lowest BCUT2D eigenvalue weighted by Crippen LogP contribution is -2.61. The molecule has 1 fully saturated rings. The van der Waals surface area contributed by atoms with Crippen LogP contribution in [0.3, 0.4) is 0 Å². The predicted octanol–water partition coefficient (Wildman–Crippen LogP) is 12.7. The van der Waals surface area contributed by atoms with Gasteiger partial charge < -0.3 is 45.1 Å². The molecule has 1 aliphatic rings. The summed E-state index contributed by atoms with van der Waals surface area (Å²) in [6, 6.07) is -1.07. The lowest BCUT2D eigenvalue weighted by atomic mass is 9.99. The number of allylic oxidation sites excluding steroid dienone is 23. The Morgan fingerprint density at radius 3 is 1.59 bits per heavy atom. The number of rotatable bonds is 44. The van der Waals surface area contributed by atoms with E-state index in [9.17, 15) is 35.1 Å². The van der Waals surface area contributed by atoms with Gasteiger partial charge in [0.2, 0.25) is 5.91 Å². The van der Waals surface area contributed by atoms with Gasteiger partial charge in [-0.2, -0.15) is 0 Å². The fourth-order valence-electron chi connectivity index (χ4n) is 7.69. The SMILES string of the molecule is CC/C=C\C/C=C\C/C=C\C/C=C\C/C=C\C/C=C\CCCC(O)C(=O)NC(COC1OC(CO)C(O)C(O)C1OC(=O)CCC/C=C/C=C\C=C/C=C/C=C/CC)C(O)/C=C/CCCCCCCCCCCC. The maximum Gasteiger partial charge on any atom is 0.306 e. The van der Waals surface area contributed by atoms with Gasteiger partial charge in [0.25, 0.3) is 0 Å². The van der Waals surface area contributed by atoms with Crippen molar-refractivity contribution in [3.05, 3.63) is 146 Å². The highest BCUT2D eigenvalue weighted by atomic mass is 16.7. The van der Waals surface area contributed by atoms with Crippen LogP contribution in [0.5, 0.6) is 0 Å². The summed E-state index contributed by atoms with van der Waals surface area (Å²) in [4.78, 5) is 26.4. The molecule has 0 spiro atoms. The van der Waals surface area contributed by atoms with E-state index >= 15 is 0 Å². The molecular weight excluding hydrogens is 931 g/mol. The molecule has 0 aromatic rings. The molecule has 0 aromatic carbocycles. The molecule has 0 bridgehead atoms. The minimum absolute atomic E-state index is 0.0126. The lowest BCUT2D eigenvalue weighted by molar-refractivity contribution is -0.305. The molecule has 0 saturated carbocycles. The van der Waals surface area contributed by atoms with Gasteiger partial charge in [0.15, 0.2) is 12.4 Å². The number of hydrogen-bond donors (Lipinski definition) is 6. The van der Waals surface area contributed by atoms with Gasteiger partial charge in [-0.05, 0) is 89.9 Å². The zero-order valence-electron chi connectivity index (χ0n) is 45.6. The monoisotopic (exact) mass is 1030 g/mol. The molecule has 416 valence electrons. The minimum Gasteiger partial charge on any atom is -0.454 e. The molecule has 1 rings (SSSR count). The number of aliphatic hydroxyl groups excluding tert-OH is 5. The zero-order chi connectivity index (χ0) is 54.0. The normalized spacial score (nSPS) is 20.5. The van der Waals surface area contributed by atoms with Crippen molar-refractivity contribution in [2.45, 2.75) is 224 Å². The van der Waals surface area contributed by atoms with Gasteiger partial charge in [0.05, 0.1) is 25.4 Å². The van der Waals surface area contributed by atoms with Crippen molar-refractivity contribution in [1.82, 2.24) is 5.32 Å². The van der Waals surface area contributed by atoms with E-state index in [4.69, 9.17) is 14.2 Å². The Labute approximate surface area is 447 Å². The fourth-order valence-corrected chi connectivity index (χ4v) is 7.69. The summed E-state index contributed by atoms with van der Waals surface area (Å²) >= 11 is 0. The first-order chi connectivity index (χ1) is 36.2. The van der Waals surface area contributed by atoms with Crippen molar-refractivity contribution in [2.75, 3.05) is 13.2 Å². The van der Waals surface area contributed by atoms with E-state index in [1.807, 2.05) is 66.8 Å². The molecule has 1 heterocycles. The second-order valence-corrected chi connectivity index (χ2v) is 18.7. The fraction of sp³-hybridized carbons (Fsp3) is 0.587. The maximum absolute atomic E-state index is 13.4. The summed E-state index contributed by atoms with van der Waals surface area (Å²) < 4.78 is 17.4. The molecule has 11 heteroatoms. The molecule has 0 radical (unpaired) electrons. The summed E-state index contributed by atoms with van der Waals surface area (Å²) in [5.74, 6) is -1.34. The molecular formula is C63H99NO10. The van der Waals surface area contributed by atoms with Gasteiger partial charge in [-0.15, -0.1) is 0 Å². The Kier molecular flexibility index (Phi) is 45.1. The van der Waals surface area contributed by atoms with Crippen LogP contribution in [-0.2, 0) is 23.8 Å². The van der Waals surface area contributed by atoms with Crippen LogP contribution in [-0.4, -0.2) is 99.6 Å². The summed E-state index contributed by atoms with van der Waals surface area (Å²) in [6.07, 6.45) is 60.5. The third kappa shape index (κ3) is 37.3. The first-order valence-electron chi connectivity index (χ1n) is 28.2. The molecule has 1 aliphatic heterocycles. The molecule has 74 heavy (non-hydrogen) atoms. The quantitative estimate of drug-likeness (QED) is 0.0149. The van der Waals surface area contributed by atoms with E-state index < -0.39 is 67.4 Å². The van der Waals surface area contributed by atoms with Crippen LogP contribution < -0.4 is 5.32 Å². The first-order valence-corrected chi connectivity index (χ1v) is 28.2. The summed E-state index contributed by atoms with van der Waals surface area (Å²) in [7, 11) is 0. The summed E-state index contributed by atoms with van der Waals surface area (Å²) in [6.45, 7) is 5.41. The highest BCUT2D eigenvalue weighted by molar-refractivity contribution is 5.80. The number of unbranched alkanes of at least 4 members (excludes halogenated alkanes) is 12. The second kappa shape index (κ2) is 49.4. The van der Waals surface area contributed by atoms with Crippen LogP contribution in [0, 0.1) is 0 Å². The number of nitrogens with one attached hydrogen (secondary N) is 1. The highest BCUT2D eigenvalue weighted by Gasteiger charge is 2.47. The van der Waals surface area contributed by atoms with Gasteiger partial charge in [0, 0.05) is 6.42 Å². The van der Waals surface area contributed by atoms with Gasteiger partial charge in [-0.1, -0.05) is 224 Å². The van der Waals surface area contributed by atoms with E-state index in [0.29, 0.717) is 25.7 Å². The predicted molar refractivity (Wildman–Crippen MR) is 305 cm³/mol. The lowest BCUT2D eigenvalue weighted by Gasteiger charge is -2.41. The topological polar surface area (TPSA) is 175 Å². The number of aliphatic hydroxyl groups is 5. The minimum atomic E-state index is -1.66. The van der Waals surface area contributed by atoms with E-state index in [-0.39, 0.29) is 19.4 Å². The Morgan fingerprint density at radius 1 is 0.554 bits per heavy atom. The smallest absolute Gasteiger partial charge is 0.306 e. The molecule has 0 aromatic heterocycles. The molecule has 1 amide bonds. The van der Waals surface area contributed by atoms with E-state index in [2.05, 4.69) is 99.0 Å². The third-order valence-corrected chi connectivity index (χ3v) is 12.1. The molecule has 8 unspecified atom stereocenters. The Balaban J connectivity index is 2.82. The van der Waals surface area contributed by atoms with Gasteiger partial charge in [0.1, 0.15) is 24.4 Å². The average Bonchev–Trinajstić information content (AvgIpc) is 3.40. The van der Waals surface area contributed by atoms with E-state index in [1.54, 1.807) is 6.08 Å². The Hall–Kier alpha value is -4.46. The van der Waals surface area contributed by atoms with Crippen molar-refractivity contribution in [1.29, 1.82) is 0 Å². The van der Waals surface area contributed by atoms with Crippen LogP contribution in [0.1, 0.15) is 175 Å². The van der Waals surface area contributed by atoms with Crippen molar-refractivity contribution >= 4 is 11.9 Å². The van der Waals surface area contributed by atoms with Crippen LogP contribution in [0.15, 0.2) is 146 Å². The number of carbonyl (C=O) groups is 2. The molecule has 0 aliphatic carbocycles. The van der Waals surface area contributed by atoms with Gasteiger partial charge >= 0.3 is 5.97 Å². The zero-order valence-corrected chi connectivity index (χ0v) is 45.6. The third-order valence-electron chi connectivity index (χ3n) is 12.1. The highest BCUT2D eigenvalue weighted by Crippen LogP contribution is 2.26. The second-order valence-electron chi connectivity index (χ2n) is 18.7.